The first-order valence-electron chi connectivity index (χ1n) is 7.10. The maximum atomic E-state index is 11.6. The van der Waals surface area contributed by atoms with E-state index < -0.39 is 0 Å². The second-order valence-corrected chi connectivity index (χ2v) is 6.38. The van der Waals surface area contributed by atoms with Crippen LogP contribution in [0.4, 0.5) is 0 Å². The van der Waals surface area contributed by atoms with Crippen molar-refractivity contribution in [1.82, 2.24) is 15.5 Å². The summed E-state index contributed by atoms with van der Waals surface area (Å²) in [5, 5.41) is 6.38. The number of likely N-dealkylation sites (N-methyl/N-ethyl adjacent to an activating group) is 1. The molecule has 0 radical (unpaired) electrons. The summed E-state index contributed by atoms with van der Waals surface area (Å²) in [5.74, 6) is 0.131. The average Bonchev–Trinajstić information content (AvgIpc) is 2.24. The van der Waals surface area contributed by atoms with Crippen molar-refractivity contribution in [2.24, 2.45) is 0 Å². The van der Waals surface area contributed by atoms with Gasteiger partial charge in [-0.05, 0) is 47.2 Å². The van der Waals surface area contributed by atoms with Crippen LogP contribution in [-0.2, 0) is 4.79 Å². The molecule has 1 amide bonds. The molecule has 1 aliphatic rings. The topological polar surface area (TPSA) is 44.4 Å². The number of carbonyl (C=O) groups excluding carboxylic acids is 1. The van der Waals surface area contributed by atoms with Crippen molar-refractivity contribution in [3.63, 3.8) is 0 Å². The number of nitrogens with one attached hydrogen (secondary N) is 2. The van der Waals surface area contributed by atoms with Gasteiger partial charge < -0.3 is 15.5 Å². The smallest absolute Gasteiger partial charge is 0.221 e. The quantitative estimate of drug-likeness (QED) is 0.729. The molecular weight excluding hydrogens is 226 g/mol. The first-order valence-corrected chi connectivity index (χ1v) is 7.10. The van der Waals surface area contributed by atoms with Crippen LogP contribution in [0.5, 0.6) is 0 Å². The van der Waals surface area contributed by atoms with Crippen LogP contribution in [-0.4, -0.2) is 49.1 Å². The van der Waals surface area contributed by atoms with Gasteiger partial charge in [-0.3, -0.25) is 4.79 Å². The predicted molar refractivity (Wildman–Crippen MR) is 75.7 cm³/mol. The molecule has 1 rings (SSSR count). The summed E-state index contributed by atoms with van der Waals surface area (Å²) in [7, 11) is 2.19. The molecule has 1 heterocycles. The summed E-state index contributed by atoms with van der Waals surface area (Å²) in [4.78, 5) is 14.0. The van der Waals surface area contributed by atoms with E-state index in [2.05, 4.69) is 22.6 Å². The van der Waals surface area contributed by atoms with Crippen LogP contribution in [0.3, 0.4) is 0 Å². The summed E-state index contributed by atoms with van der Waals surface area (Å²) in [6, 6.07) is 0.643. The van der Waals surface area contributed by atoms with Gasteiger partial charge >= 0.3 is 0 Å². The molecule has 4 heteroatoms. The summed E-state index contributed by atoms with van der Waals surface area (Å²) in [6.45, 7) is 9.00. The minimum Gasteiger partial charge on any atom is -0.351 e. The van der Waals surface area contributed by atoms with Gasteiger partial charge in [0.25, 0.3) is 0 Å². The number of carbonyl (C=O) groups is 1. The molecular formula is C14H29N3O. The molecule has 0 aromatic heterocycles. The third-order valence-corrected chi connectivity index (χ3v) is 3.34. The molecule has 0 saturated carbocycles. The Morgan fingerprint density at radius 2 is 2.06 bits per heavy atom. The standard InChI is InChI=1S/C14H29N3O/c1-14(2,3)16-13(18)8-9-15-11-12-7-5-6-10-17(12)4/h12,15H,5-11H2,1-4H3,(H,16,18). The highest BCUT2D eigenvalue weighted by Gasteiger charge is 2.18. The van der Waals surface area contributed by atoms with Crippen molar-refractivity contribution in [2.75, 3.05) is 26.7 Å². The van der Waals surface area contributed by atoms with Crippen LogP contribution in [0.15, 0.2) is 0 Å². The molecule has 0 aromatic carbocycles. The number of hydrogen-bond acceptors (Lipinski definition) is 3. The zero-order valence-electron chi connectivity index (χ0n) is 12.4. The molecule has 1 unspecified atom stereocenters. The zero-order valence-corrected chi connectivity index (χ0v) is 12.4. The van der Waals surface area contributed by atoms with E-state index in [0.29, 0.717) is 12.5 Å². The fraction of sp³-hybridized carbons (Fsp3) is 0.929. The largest absolute Gasteiger partial charge is 0.351 e. The number of likely N-dealkylation sites (tertiary alicyclic amines) is 1. The maximum absolute atomic E-state index is 11.6. The van der Waals surface area contributed by atoms with Crippen LogP contribution in [0.25, 0.3) is 0 Å². The fourth-order valence-corrected chi connectivity index (χ4v) is 2.35. The van der Waals surface area contributed by atoms with Gasteiger partial charge in [-0.15, -0.1) is 0 Å². The van der Waals surface area contributed by atoms with Crippen molar-refractivity contribution in [3.05, 3.63) is 0 Å². The molecule has 1 atom stereocenters. The first-order chi connectivity index (χ1) is 8.38. The van der Waals surface area contributed by atoms with Gasteiger partial charge in [0.15, 0.2) is 0 Å². The number of amides is 1. The van der Waals surface area contributed by atoms with E-state index in [1.54, 1.807) is 0 Å². The van der Waals surface area contributed by atoms with E-state index in [4.69, 9.17) is 0 Å². The molecule has 0 spiro atoms. The predicted octanol–water partition coefficient (Wildman–Crippen LogP) is 1.37. The molecule has 1 fully saturated rings. The zero-order chi connectivity index (χ0) is 13.6. The number of piperidine rings is 1. The Kier molecular flexibility index (Phi) is 6.09. The van der Waals surface area contributed by atoms with E-state index in [0.717, 1.165) is 13.1 Å². The lowest BCUT2D eigenvalue weighted by molar-refractivity contribution is -0.122. The van der Waals surface area contributed by atoms with Crippen LogP contribution in [0, 0.1) is 0 Å². The Labute approximate surface area is 111 Å². The molecule has 1 aliphatic heterocycles. The Morgan fingerprint density at radius 1 is 1.33 bits per heavy atom. The highest BCUT2D eigenvalue weighted by atomic mass is 16.1. The summed E-state index contributed by atoms with van der Waals surface area (Å²) >= 11 is 0. The highest BCUT2D eigenvalue weighted by molar-refractivity contribution is 5.76. The summed E-state index contributed by atoms with van der Waals surface area (Å²) in [5.41, 5.74) is -0.124. The number of nitrogens with zero attached hydrogens (tertiary/aromatic N) is 1. The van der Waals surface area contributed by atoms with E-state index in [1.807, 2.05) is 20.8 Å². The van der Waals surface area contributed by atoms with Crippen LogP contribution in [0.2, 0.25) is 0 Å². The third kappa shape index (κ3) is 6.36. The lowest BCUT2D eigenvalue weighted by atomic mass is 10.0. The van der Waals surface area contributed by atoms with Gasteiger partial charge in [-0.1, -0.05) is 6.42 Å². The maximum Gasteiger partial charge on any atom is 0.221 e. The fourth-order valence-electron chi connectivity index (χ4n) is 2.35. The van der Waals surface area contributed by atoms with E-state index in [9.17, 15) is 4.79 Å². The molecule has 1 saturated heterocycles. The first kappa shape index (κ1) is 15.4. The van der Waals surface area contributed by atoms with Crippen LogP contribution >= 0.6 is 0 Å². The van der Waals surface area contributed by atoms with Crippen LogP contribution < -0.4 is 10.6 Å². The van der Waals surface area contributed by atoms with Crippen molar-refractivity contribution in [3.8, 4) is 0 Å². The van der Waals surface area contributed by atoms with Crippen molar-refractivity contribution in [1.29, 1.82) is 0 Å². The minimum absolute atomic E-state index is 0.124. The van der Waals surface area contributed by atoms with Gasteiger partial charge in [-0.2, -0.15) is 0 Å². The highest BCUT2D eigenvalue weighted by Crippen LogP contribution is 2.13. The van der Waals surface area contributed by atoms with Crippen molar-refractivity contribution >= 4 is 5.91 Å². The third-order valence-electron chi connectivity index (χ3n) is 3.34. The van der Waals surface area contributed by atoms with Gasteiger partial charge in [0, 0.05) is 31.1 Å². The molecule has 2 N–H and O–H groups in total. The van der Waals surface area contributed by atoms with Gasteiger partial charge in [0.05, 0.1) is 0 Å². The monoisotopic (exact) mass is 255 g/mol. The normalized spacial score (nSPS) is 21.9. The number of hydrogen-bond donors (Lipinski definition) is 2. The van der Waals surface area contributed by atoms with Crippen molar-refractivity contribution < 1.29 is 4.79 Å². The number of rotatable bonds is 5. The van der Waals surface area contributed by atoms with Gasteiger partial charge in [0.1, 0.15) is 0 Å². The van der Waals surface area contributed by atoms with Crippen LogP contribution in [0.1, 0.15) is 46.5 Å². The van der Waals surface area contributed by atoms with Crippen molar-refractivity contribution in [2.45, 2.75) is 58.0 Å². The molecule has 18 heavy (non-hydrogen) atoms. The lowest BCUT2D eigenvalue weighted by Gasteiger charge is -2.32. The lowest BCUT2D eigenvalue weighted by Crippen LogP contribution is -2.44. The molecule has 0 bridgehead atoms. The van der Waals surface area contributed by atoms with Gasteiger partial charge in [-0.25, -0.2) is 0 Å². The summed E-state index contributed by atoms with van der Waals surface area (Å²) < 4.78 is 0. The van der Waals surface area contributed by atoms with E-state index in [1.165, 1.54) is 25.8 Å². The van der Waals surface area contributed by atoms with E-state index in [-0.39, 0.29) is 11.4 Å². The average molecular weight is 255 g/mol. The second kappa shape index (κ2) is 7.10. The molecule has 0 aliphatic carbocycles. The minimum atomic E-state index is -0.124. The Hall–Kier alpha value is -0.610. The van der Waals surface area contributed by atoms with Gasteiger partial charge in [0.2, 0.25) is 5.91 Å². The molecule has 0 aromatic rings. The Morgan fingerprint density at radius 3 is 2.67 bits per heavy atom. The second-order valence-electron chi connectivity index (χ2n) is 6.38. The Balaban J connectivity index is 2.09. The van der Waals surface area contributed by atoms with E-state index >= 15 is 0 Å². The molecule has 106 valence electrons. The Bertz CT molecular complexity index is 260. The molecule has 4 nitrogen and oxygen atoms in total. The SMILES string of the molecule is CN1CCCCC1CNCCC(=O)NC(C)(C)C. The summed E-state index contributed by atoms with van der Waals surface area (Å²) in [6.07, 6.45) is 4.49.